The smallest absolute Gasteiger partial charge is 0.338 e. The lowest BCUT2D eigenvalue weighted by atomic mass is 10.1. The van der Waals surface area contributed by atoms with Crippen LogP contribution in [-0.4, -0.2) is 29.8 Å². The van der Waals surface area contributed by atoms with Gasteiger partial charge in [0.15, 0.2) is 0 Å². The van der Waals surface area contributed by atoms with E-state index < -0.39 is 0 Å². The fourth-order valence-electron chi connectivity index (χ4n) is 3.42. The lowest BCUT2D eigenvalue weighted by Crippen LogP contribution is -2.05. The Morgan fingerprint density at radius 3 is 2.93 bits per heavy atom. The summed E-state index contributed by atoms with van der Waals surface area (Å²) in [5, 5.41) is 19.3. The van der Waals surface area contributed by atoms with Gasteiger partial charge in [0.1, 0.15) is 12.4 Å². The second-order valence-electron chi connectivity index (χ2n) is 6.72. The molecule has 2 aromatic carbocycles. The Bertz CT molecular complexity index is 1340. The second-order valence-corrected chi connectivity index (χ2v) is 7.63. The van der Waals surface area contributed by atoms with Crippen LogP contribution in [0.15, 0.2) is 69.3 Å². The van der Waals surface area contributed by atoms with Crippen LogP contribution in [0.2, 0.25) is 0 Å². The van der Waals surface area contributed by atoms with Gasteiger partial charge in [-0.15, -0.1) is 16.4 Å². The molecule has 1 aliphatic heterocycles. The summed E-state index contributed by atoms with van der Waals surface area (Å²) in [4.78, 5) is 16.9. The first kappa shape index (κ1) is 18.4. The molecule has 0 atom stereocenters. The molecule has 5 rings (SSSR count). The summed E-state index contributed by atoms with van der Waals surface area (Å²) in [6, 6.07) is 15.4. The number of ether oxygens (including phenoxy) is 1. The Morgan fingerprint density at radius 2 is 2.10 bits per heavy atom. The van der Waals surface area contributed by atoms with Crippen LogP contribution >= 0.6 is 11.3 Å². The number of carbonyl (C=O) groups is 1. The van der Waals surface area contributed by atoms with Crippen LogP contribution < -0.4 is 5.32 Å². The topological polar surface area (TPSA) is 88.3 Å². The first-order valence-corrected chi connectivity index (χ1v) is 10.4. The molecular weight excluding hydrogens is 398 g/mol. The van der Waals surface area contributed by atoms with Gasteiger partial charge in [0.25, 0.3) is 0 Å². The van der Waals surface area contributed by atoms with E-state index in [9.17, 15) is 4.79 Å². The number of fused-ring (bicyclic) bond motifs is 3. The molecule has 8 heteroatoms. The molecule has 4 aromatic rings. The van der Waals surface area contributed by atoms with Crippen molar-refractivity contribution >= 4 is 55.5 Å². The van der Waals surface area contributed by atoms with E-state index in [0.717, 1.165) is 43.8 Å². The fraction of sp³-hybridized carbons (Fsp3) is 0.136. The molecule has 148 valence electrons. The number of nitrogens with zero attached hydrogens (tertiary/aromatic N) is 4. The van der Waals surface area contributed by atoms with Crippen molar-refractivity contribution < 1.29 is 9.53 Å². The Hall–Kier alpha value is -3.65. The highest BCUT2D eigenvalue weighted by Crippen LogP contribution is 2.35. The number of esters is 1. The summed E-state index contributed by atoms with van der Waals surface area (Å²) < 4.78 is 6.25. The monoisotopic (exact) mass is 415 g/mol. The average molecular weight is 415 g/mol. The lowest BCUT2D eigenvalue weighted by molar-refractivity contribution is 0.0526. The molecule has 0 bridgehead atoms. The van der Waals surface area contributed by atoms with Gasteiger partial charge in [-0.2, -0.15) is 5.11 Å². The van der Waals surface area contributed by atoms with E-state index in [-0.39, 0.29) is 5.97 Å². The number of hydrogen-bond donors (Lipinski definition) is 1. The van der Waals surface area contributed by atoms with Crippen molar-refractivity contribution in [2.45, 2.75) is 6.92 Å². The predicted octanol–water partition coefficient (Wildman–Crippen LogP) is 5.54. The molecule has 2 aromatic heterocycles. The number of pyridine rings is 1. The van der Waals surface area contributed by atoms with Gasteiger partial charge in [0.2, 0.25) is 0 Å². The van der Waals surface area contributed by atoms with E-state index in [1.807, 2.05) is 24.3 Å². The van der Waals surface area contributed by atoms with Crippen LogP contribution in [0.1, 0.15) is 22.8 Å². The first-order valence-electron chi connectivity index (χ1n) is 9.52. The van der Waals surface area contributed by atoms with Gasteiger partial charge in [-0.25, -0.2) is 9.78 Å². The maximum atomic E-state index is 12.1. The van der Waals surface area contributed by atoms with Crippen molar-refractivity contribution in [2.24, 2.45) is 15.4 Å². The average Bonchev–Trinajstić information content (AvgIpc) is 3.46. The van der Waals surface area contributed by atoms with Gasteiger partial charge in [0, 0.05) is 26.7 Å². The number of anilines is 2. The zero-order valence-electron chi connectivity index (χ0n) is 16.1. The van der Waals surface area contributed by atoms with Crippen LogP contribution in [0.5, 0.6) is 0 Å². The summed E-state index contributed by atoms with van der Waals surface area (Å²) in [6.07, 6.45) is 0. The summed E-state index contributed by atoms with van der Waals surface area (Å²) in [6.45, 7) is 2.62. The largest absolute Gasteiger partial charge is 0.462 e. The van der Waals surface area contributed by atoms with Gasteiger partial charge in [-0.05, 0) is 47.9 Å². The number of benzene rings is 2. The zero-order chi connectivity index (χ0) is 20.5. The molecule has 0 spiro atoms. The van der Waals surface area contributed by atoms with E-state index in [1.54, 1.807) is 30.4 Å². The predicted molar refractivity (Wildman–Crippen MR) is 119 cm³/mol. The van der Waals surface area contributed by atoms with Crippen molar-refractivity contribution in [3.63, 3.8) is 0 Å². The molecule has 0 radical (unpaired) electrons. The minimum atomic E-state index is -0.342. The third-order valence-electron chi connectivity index (χ3n) is 4.81. The van der Waals surface area contributed by atoms with Gasteiger partial charge in [-0.3, -0.25) is 0 Å². The molecule has 3 heterocycles. The number of aromatic nitrogens is 1. The van der Waals surface area contributed by atoms with E-state index in [1.165, 1.54) is 0 Å². The maximum Gasteiger partial charge on any atom is 0.338 e. The van der Waals surface area contributed by atoms with Crippen LogP contribution in [0.3, 0.4) is 0 Å². The van der Waals surface area contributed by atoms with Gasteiger partial charge in [-0.1, -0.05) is 18.2 Å². The van der Waals surface area contributed by atoms with Crippen molar-refractivity contribution in [3.05, 3.63) is 65.0 Å². The molecule has 1 N–H and O–H groups in total. The van der Waals surface area contributed by atoms with E-state index in [2.05, 4.69) is 38.3 Å². The standard InChI is InChI=1S/C22H17N5O2S/c1-2-29-22(28)14-4-3-5-15(10-14)24-21-17-8-9-30-20(17)16-7-6-13(11-18(16)25-21)19-12-23-27-26-19/h3-11H,2,12H2,1H3,(H,24,25). The number of nitrogens with one attached hydrogen (secondary N) is 1. The van der Waals surface area contributed by atoms with Crippen LogP contribution in [0.4, 0.5) is 11.5 Å². The fourth-order valence-corrected chi connectivity index (χ4v) is 4.35. The Morgan fingerprint density at radius 1 is 1.17 bits per heavy atom. The molecule has 0 amide bonds. The third kappa shape index (κ3) is 3.31. The third-order valence-corrected chi connectivity index (χ3v) is 5.76. The molecule has 30 heavy (non-hydrogen) atoms. The normalized spacial score (nSPS) is 13.0. The minimum Gasteiger partial charge on any atom is -0.462 e. The molecule has 1 aliphatic rings. The SMILES string of the molecule is CCOC(=O)c1cccc(Nc2nc3cc(C4=NN=NC4)ccc3c3sccc23)c1. The first-order chi connectivity index (χ1) is 14.7. The highest BCUT2D eigenvalue weighted by atomic mass is 32.1. The minimum absolute atomic E-state index is 0.340. The van der Waals surface area contributed by atoms with E-state index in [4.69, 9.17) is 9.72 Å². The van der Waals surface area contributed by atoms with Gasteiger partial charge < -0.3 is 10.1 Å². The number of thiophene rings is 1. The summed E-state index contributed by atoms with van der Waals surface area (Å²) in [5.74, 6) is 0.394. The molecule has 0 saturated carbocycles. The van der Waals surface area contributed by atoms with Gasteiger partial charge in [0.05, 0.1) is 23.4 Å². The van der Waals surface area contributed by atoms with Crippen molar-refractivity contribution in [2.75, 3.05) is 18.5 Å². The zero-order valence-corrected chi connectivity index (χ0v) is 16.9. The Labute approximate surface area is 176 Å². The highest BCUT2D eigenvalue weighted by molar-refractivity contribution is 7.18. The highest BCUT2D eigenvalue weighted by Gasteiger charge is 2.14. The number of carbonyl (C=O) groups excluding carboxylic acids is 1. The lowest BCUT2D eigenvalue weighted by Gasteiger charge is -2.11. The second kappa shape index (κ2) is 7.64. The summed E-state index contributed by atoms with van der Waals surface area (Å²) >= 11 is 1.67. The maximum absolute atomic E-state index is 12.1. The molecule has 7 nitrogen and oxygen atoms in total. The van der Waals surface area contributed by atoms with Crippen LogP contribution in [-0.2, 0) is 4.74 Å². The van der Waals surface area contributed by atoms with Crippen molar-refractivity contribution in [1.82, 2.24) is 4.98 Å². The molecule has 0 unspecified atom stereocenters. The van der Waals surface area contributed by atoms with Crippen molar-refractivity contribution in [3.8, 4) is 0 Å². The Kier molecular flexibility index (Phi) is 4.68. The quantitative estimate of drug-likeness (QED) is 0.434. The van der Waals surface area contributed by atoms with Crippen LogP contribution in [0.25, 0.3) is 21.0 Å². The Balaban J connectivity index is 1.57. The molecule has 0 fully saturated rings. The molecule has 0 saturated heterocycles. The van der Waals surface area contributed by atoms with E-state index >= 15 is 0 Å². The number of rotatable bonds is 5. The summed E-state index contributed by atoms with van der Waals surface area (Å²) in [7, 11) is 0. The molecule has 0 aliphatic carbocycles. The van der Waals surface area contributed by atoms with Crippen molar-refractivity contribution in [1.29, 1.82) is 0 Å². The molecular formula is C22H17N5O2S. The van der Waals surface area contributed by atoms with Crippen LogP contribution in [0, 0.1) is 0 Å². The van der Waals surface area contributed by atoms with Gasteiger partial charge >= 0.3 is 5.97 Å². The number of hydrogen-bond acceptors (Lipinski definition) is 8. The van der Waals surface area contributed by atoms with E-state index in [0.29, 0.717) is 18.7 Å². The summed E-state index contributed by atoms with van der Waals surface area (Å²) in [5.41, 5.74) is 3.93.